The third kappa shape index (κ3) is 3.04. The van der Waals surface area contributed by atoms with Crippen molar-refractivity contribution in [1.29, 1.82) is 0 Å². The van der Waals surface area contributed by atoms with Crippen LogP contribution in [0.15, 0.2) is 35.2 Å². The van der Waals surface area contributed by atoms with Crippen molar-refractivity contribution in [2.45, 2.75) is 19.5 Å². The van der Waals surface area contributed by atoms with E-state index in [0.29, 0.717) is 5.15 Å². The highest BCUT2D eigenvalue weighted by atomic mass is 35.5. The highest BCUT2D eigenvalue weighted by Gasteiger charge is 2.05. The predicted molar refractivity (Wildman–Crippen MR) is 68.8 cm³/mol. The van der Waals surface area contributed by atoms with Gasteiger partial charge in [-0.3, -0.25) is 0 Å². The summed E-state index contributed by atoms with van der Waals surface area (Å²) in [5.74, 6) is 0. The Kier molecular flexibility index (Phi) is 3.93. The molecule has 84 valence electrons. The molecule has 0 spiro atoms. The molecular formula is C12H13ClN2S. The molecule has 2 nitrogen and oxygen atoms in total. The summed E-state index contributed by atoms with van der Waals surface area (Å²) in [6.45, 7) is 3.00. The molecule has 1 N–H and O–H groups in total. The second kappa shape index (κ2) is 5.43. The lowest BCUT2D eigenvalue weighted by atomic mass is 10.1. The molecule has 0 aromatic carbocycles. The summed E-state index contributed by atoms with van der Waals surface area (Å²) in [6, 6.07) is 6.29. The van der Waals surface area contributed by atoms with Gasteiger partial charge in [-0.25, -0.2) is 4.98 Å². The first kappa shape index (κ1) is 11.6. The molecule has 2 aromatic heterocycles. The topological polar surface area (TPSA) is 24.9 Å². The molecule has 0 saturated carbocycles. The first-order valence-corrected chi connectivity index (χ1v) is 6.43. The third-order valence-corrected chi connectivity index (χ3v) is 3.38. The molecule has 4 heteroatoms. The summed E-state index contributed by atoms with van der Waals surface area (Å²) in [4.78, 5) is 3.97. The summed E-state index contributed by atoms with van der Waals surface area (Å²) in [5.41, 5.74) is 2.48. The first-order chi connectivity index (χ1) is 7.75. The van der Waals surface area contributed by atoms with Crippen molar-refractivity contribution < 1.29 is 0 Å². The molecule has 2 rings (SSSR count). The quantitative estimate of drug-likeness (QED) is 0.841. The van der Waals surface area contributed by atoms with Crippen molar-refractivity contribution in [3.8, 4) is 0 Å². The van der Waals surface area contributed by atoms with Gasteiger partial charge in [0.1, 0.15) is 5.15 Å². The molecule has 0 aliphatic rings. The van der Waals surface area contributed by atoms with Crippen LogP contribution >= 0.6 is 22.9 Å². The lowest BCUT2D eigenvalue weighted by molar-refractivity contribution is 0.575. The molecule has 16 heavy (non-hydrogen) atoms. The zero-order valence-electron chi connectivity index (χ0n) is 8.98. The smallest absolute Gasteiger partial charge is 0.129 e. The van der Waals surface area contributed by atoms with Crippen molar-refractivity contribution in [3.63, 3.8) is 0 Å². The fourth-order valence-corrected chi connectivity index (χ4v) is 2.32. The normalized spacial score (nSPS) is 12.6. The molecule has 0 radical (unpaired) electrons. The fourth-order valence-electron chi connectivity index (χ4n) is 1.47. The maximum atomic E-state index is 5.85. The van der Waals surface area contributed by atoms with Gasteiger partial charge in [0.2, 0.25) is 0 Å². The van der Waals surface area contributed by atoms with E-state index in [-0.39, 0.29) is 6.04 Å². The highest BCUT2D eigenvalue weighted by Crippen LogP contribution is 2.16. The van der Waals surface area contributed by atoms with Gasteiger partial charge in [0.15, 0.2) is 0 Å². The van der Waals surface area contributed by atoms with Crippen LogP contribution < -0.4 is 5.32 Å². The number of nitrogens with zero attached hydrogens (tertiary/aromatic N) is 1. The predicted octanol–water partition coefficient (Wildman–Crippen LogP) is 3.65. The number of halogens is 1. The van der Waals surface area contributed by atoms with Crippen LogP contribution in [0.3, 0.4) is 0 Å². The second-order valence-electron chi connectivity index (χ2n) is 3.65. The van der Waals surface area contributed by atoms with Crippen molar-refractivity contribution in [2.24, 2.45) is 0 Å². The van der Waals surface area contributed by atoms with Crippen LogP contribution in [-0.4, -0.2) is 4.98 Å². The SMILES string of the molecule is CC(NCc1ccsc1)c1ccnc(Cl)c1. The highest BCUT2D eigenvalue weighted by molar-refractivity contribution is 7.07. The van der Waals surface area contributed by atoms with Gasteiger partial charge in [-0.15, -0.1) is 0 Å². The zero-order valence-corrected chi connectivity index (χ0v) is 10.6. The van der Waals surface area contributed by atoms with E-state index in [4.69, 9.17) is 11.6 Å². The lowest BCUT2D eigenvalue weighted by Gasteiger charge is -2.13. The van der Waals surface area contributed by atoms with E-state index < -0.39 is 0 Å². The van der Waals surface area contributed by atoms with Gasteiger partial charge in [0, 0.05) is 18.8 Å². The van der Waals surface area contributed by atoms with Gasteiger partial charge < -0.3 is 5.32 Å². The van der Waals surface area contributed by atoms with E-state index in [1.807, 2.05) is 12.1 Å². The van der Waals surface area contributed by atoms with Gasteiger partial charge >= 0.3 is 0 Å². The number of rotatable bonds is 4. The Morgan fingerprint density at radius 1 is 1.50 bits per heavy atom. The minimum atomic E-state index is 0.278. The number of hydrogen-bond acceptors (Lipinski definition) is 3. The summed E-state index contributed by atoms with van der Waals surface area (Å²) in [5, 5.41) is 8.23. The largest absolute Gasteiger partial charge is 0.306 e. The molecule has 0 amide bonds. The number of hydrogen-bond donors (Lipinski definition) is 1. The Bertz CT molecular complexity index is 442. The van der Waals surface area contributed by atoms with Crippen molar-refractivity contribution in [2.75, 3.05) is 0 Å². The first-order valence-electron chi connectivity index (χ1n) is 5.11. The van der Waals surface area contributed by atoms with Crippen LogP contribution in [0.1, 0.15) is 24.1 Å². The number of pyridine rings is 1. The molecule has 0 aliphatic carbocycles. The van der Waals surface area contributed by atoms with Gasteiger partial charge in [-0.2, -0.15) is 11.3 Å². The molecule has 2 aromatic rings. The van der Waals surface area contributed by atoms with Crippen LogP contribution in [0.2, 0.25) is 5.15 Å². The van der Waals surface area contributed by atoms with E-state index in [9.17, 15) is 0 Å². The Morgan fingerprint density at radius 3 is 3.06 bits per heavy atom. The van der Waals surface area contributed by atoms with E-state index in [2.05, 4.69) is 34.1 Å². The molecule has 1 atom stereocenters. The molecule has 0 aliphatic heterocycles. The molecule has 2 heterocycles. The van der Waals surface area contributed by atoms with Gasteiger partial charge in [-0.1, -0.05) is 11.6 Å². The van der Waals surface area contributed by atoms with Gasteiger partial charge in [0.25, 0.3) is 0 Å². The lowest BCUT2D eigenvalue weighted by Crippen LogP contribution is -2.17. The van der Waals surface area contributed by atoms with Crippen LogP contribution in [0.4, 0.5) is 0 Å². The van der Waals surface area contributed by atoms with Crippen LogP contribution in [0.5, 0.6) is 0 Å². The fraction of sp³-hybridized carbons (Fsp3) is 0.250. The average molecular weight is 253 g/mol. The molecule has 0 fully saturated rings. The molecule has 0 bridgehead atoms. The monoisotopic (exact) mass is 252 g/mol. The standard InChI is InChI=1S/C12H13ClN2S/c1-9(11-2-4-14-12(13)6-11)15-7-10-3-5-16-8-10/h2-6,8-9,15H,7H2,1H3. The van der Waals surface area contributed by atoms with Crippen molar-refractivity contribution >= 4 is 22.9 Å². The van der Waals surface area contributed by atoms with Gasteiger partial charge in [-0.05, 0) is 47.0 Å². The summed E-state index contributed by atoms with van der Waals surface area (Å²) in [6.07, 6.45) is 1.74. The average Bonchev–Trinajstić information content (AvgIpc) is 2.78. The minimum absolute atomic E-state index is 0.278. The van der Waals surface area contributed by atoms with Crippen molar-refractivity contribution in [3.05, 3.63) is 51.4 Å². The van der Waals surface area contributed by atoms with E-state index >= 15 is 0 Å². The number of thiophene rings is 1. The Hall–Kier alpha value is -0.900. The Morgan fingerprint density at radius 2 is 2.38 bits per heavy atom. The number of aromatic nitrogens is 1. The minimum Gasteiger partial charge on any atom is -0.306 e. The van der Waals surface area contributed by atoms with Gasteiger partial charge in [0.05, 0.1) is 0 Å². The van der Waals surface area contributed by atoms with E-state index in [0.717, 1.165) is 12.1 Å². The Balaban J connectivity index is 1.95. The Labute approximate surface area is 104 Å². The molecular weight excluding hydrogens is 240 g/mol. The zero-order chi connectivity index (χ0) is 11.4. The van der Waals surface area contributed by atoms with Crippen molar-refractivity contribution in [1.82, 2.24) is 10.3 Å². The summed E-state index contributed by atoms with van der Waals surface area (Å²) in [7, 11) is 0. The van der Waals surface area contributed by atoms with Crippen LogP contribution in [0, 0.1) is 0 Å². The summed E-state index contributed by atoms with van der Waals surface area (Å²) >= 11 is 7.57. The van der Waals surface area contributed by atoms with Crippen LogP contribution in [0.25, 0.3) is 0 Å². The maximum absolute atomic E-state index is 5.85. The third-order valence-electron chi connectivity index (χ3n) is 2.44. The van der Waals surface area contributed by atoms with E-state index in [1.54, 1.807) is 17.5 Å². The summed E-state index contributed by atoms with van der Waals surface area (Å²) < 4.78 is 0. The van der Waals surface area contributed by atoms with Crippen LogP contribution in [-0.2, 0) is 6.54 Å². The maximum Gasteiger partial charge on any atom is 0.129 e. The molecule has 0 saturated heterocycles. The number of nitrogens with one attached hydrogen (secondary N) is 1. The second-order valence-corrected chi connectivity index (χ2v) is 4.81. The molecule has 1 unspecified atom stereocenters. The van der Waals surface area contributed by atoms with E-state index in [1.165, 1.54) is 5.56 Å².